The van der Waals surface area contributed by atoms with Crippen LogP contribution in [0, 0.1) is 11.8 Å². The molecule has 17 heavy (non-hydrogen) atoms. The number of ether oxygens (including phenoxy) is 3. The van der Waals surface area contributed by atoms with E-state index >= 15 is 0 Å². The molecule has 0 N–H and O–H groups in total. The number of carbonyl (C=O) groups excluding carboxylic acids is 2. The predicted octanol–water partition coefficient (Wildman–Crippen LogP) is 0.190. The van der Waals surface area contributed by atoms with Crippen LogP contribution in [0.1, 0.15) is 13.8 Å². The molecule has 0 spiro atoms. The van der Waals surface area contributed by atoms with Gasteiger partial charge in [-0.15, -0.1) is 0 Å². The fourth-order valence-corrected chi connectivity index (χ4v) is 1.95. The third-order valence-corrected chi connectivity index (χ3v) is 2.55. The van der Waals surface area contributed by atoms with Crippen molar-refractivity contribution >= 4 is 11.9 Å². The van der Waals surface area contributed by atoms with Gasteiger partial charge in [-0.3, -0.25) is 4.79 Å². The molecule has 2 rings (SSSR count). The minimum Gasteiger partial charge on any atom is -0.455 e. The topological polar surface area (TPSA) is 61.8 Å². The number of esters is 2. The minimum absolute atomic E-state index is 0.337. The molecule has 5 nitrogen and oxygen atoms in total. The molecular formula is C12H12O5. The van der Waals surface area contributed by atoms with E-state index in [0.29, 0.717) is 0 Å². The second-order valence-electron chi connectivity index (χ2n) is 3.77. The van der Waals surface area contributed by atoms with Gasteiger partial charge in [0.05, 0.1) is 0 Å². The van der Waals surface area contributed by atoms with Crippen LogP contribution in [0.3, 0.4) is 0 Å². The van der Waals surface area contributed by atoms with Gasteiger partial charge in [0.15, 0.2) is 12.2 Å². The summed E-state index contributed by atoms with van der Waals surface area (Å²) in [5.41, 5.74) is 0. The summed E-state index contributed by atoms with van der Waals surface area (Å²) in [6, 6.07) is 0. The molecule has 0 radical (unpaired) electrons. The number of fused-ring (bicyclic) bond motifs is 2. The van der Waals surface area contributed by atoms with Crippen molar-refractivity contribution < 1.29 is 23.8 Å². The lowest BCUT2D eigenvalue weighted by Gasteiger charge is -2.23. The predicted molar refractivity (Wildman–Crippen MR) is 56.7 cm³/mol. The first kappa shape index (κ1) is 11.7. The molecule has 2 heterocycles. The smallest absolute Gasteiger partial charge is 0.384 e. The first-order chi connectivity index (χ1) is 8.11. The Morgan fingerprint density at radius 2 is 1.76 bits per heavy atom. The molecule has 1 fully saturated rings. The second-order valence-corrected chi connectivity index (χ2v) is 3.77. The van der Waals surface area contributed by atoms with Crippen LogP contribution in [0.2, 0.25) is 0 Å². The first-order valence-corrected chi connectivity index (χ1v) is 5.26. The van der Waals surface area contributed by atoms with Crippen LogP contribution in [-0.4, -0.2) is 36.4 Å². The van der Waals surface area contributed by atoms with Crippen LogP contribution in [0.15, 0.2) is 12.2 Å². The zero-order chi connectivity index (χ0) is 12.4. The number of hydrogen-bond donors (Lipinski definition) is 0. The molecule has 2 aliphatic heterocycles. The van der Waals surface area contributed by atoms with Gasteiger partial charge in [-0.25, -0.2) is 4.79 Å². The van der Waals surface area contributed by atoms with Crippen molar-refractivity contribution in [3.8, 4) is 11.8 Å². The van der Waals surface area contributed by atoms with E-state index in [0.717, 1.165) is 0 Å². The van der Waals surface area contributed by atoms with E-state index in [1.807, 2.05) is 0 Å². The van der Waals surface area contributed by atoms with E-state index in [9.17, 15) is 9.59 Å². The monoisotopic (exact) mass is 236 g/mol. The molecule has 2 aliphatic rings. The summed E-state index contributed by atoms with van der Waals surface area (Å²) >= 11 is 0. The molecule has 4 atom stereocenters. The Hall–Kier alpha value is -1.80. The van der Waals surface area contributed by atoms with Gasteiger partial charge in [0, 0.05) is 12.8 Å². The van der Waals surface area contributed by atoms with Crippen molar-refractivity contribution in [2.45, 2.75) is 38.3 Å². The fourth-order valence-electron chi connectivity index (χ4n) is 1.95. The van der Waals surface area contributed by atoms with Crippen LogP contribution in [0.25, 0.3) is 0 Å². The Bertz CT molecular complexity index is 428. The minimum atomic E-state index is -0.640. The van der Waals surface area contributed by atoms with Crippen LogP contribution in [0.5, 0.6) is 0 Å². The molecule has 90 valence electrons. The molecule has 0 unspecified atom stereocenters. The van der Waals surface area contributed by atoms with Gasteiger partial charge in [-0.1, -0.05) is 18.1 Å². The molecular weight excluding hydrogens is 224 g/mol. The molecule has 0 aromatic rings. The molecule has 1 saturated heterocycles. The molecule has 5 heteroatoms. The van der Waals surface area contributed by atoms with E-state index in [1.165, 1.54) is 6.92 Å². The molecule has 0 aromatic heterocycles. The SMILES string of the molecule is CC#CC(=O)O[C@H]1[C@@H](OC(C)=O)[C@H]2C=C[C@@H]1O2. The molecule has 0 aliphatic carbocycles. The Morgan fingerprint density at radius 1 is 1.18 bits per heavy atom. The van der Waals surface area contributed by atoms with Crippen LogP contribution in [0.4, 0.5) is 0 Å². The second kappa shape index (κ2) is 4.60. The summed E-state index contributed by atoms with van der Waals surface area (Å²) in [6.07, 6.45) is 1.71. The van der Waals surface area contributed by atoms with Gasteiger partial charge >= 0.3 is 11.9 Å². The van der Waals surface area contributed by atoms with Gasteiger partial charge in [-0.05, 0) is 6.92 Å². The largest absolute Gasteiger partial charge is 0.455 e. The maximum atomic E-state index is 11.3. The normalized spacial score (nSPS) is 32.8. The van der Waals surface area contributed by atoms with Crippen molar-refractivity contribution in [3.63, 3.8) is 0 Å². The molecule has 0 aromatic carbocycles. The van der Waals surface area contributed by atoms with Crippen LogP contribution >= 0.6 is 0 Å². The maximum absolute atomic E-state index is 11.3. The summed E-state index contributed by atoms with van der Waals surface area (Å²) in [5.74, 6) is 3.66. The molecule has 0 saturated carbocycles. The lowest BCUT2D eigenvalue weighted by Crippen LogP contribution is -2.41. The highest BCUT2D eigenvalue weighted by Crippen LogP contribution is 2.33. The Labute approximate surface area is 98.7 Å². The fraction of sp³-hybridized carbons (Fsp3) is 0.500. The molecule has 0 amide bonds. The summed E-state index contributed by atoms with van der Waals surface area (Å²) in [5, 5.41) is 0. The van der Waals surface area contributed by atoms with Crippen molar-refractivity contribution in [3.05, 3.63) is 12.2 Å². The Kier molecular flexibility index (Phi) is 3.16. The van der Waals surface area contributed by atoms with Crippen molar-refractivity contribution in [2.24, 2.45) is 0 Å². The Morgan fingerprint density at radius 3 is 2.29 bits per heavy atom. The number of carbonyl (C=O) groups is 2. The van der Waals surface area contributed by atoms with E-state index in [-0.39, 0.29) is 12.2 Å². The lowest BCUT2D eigenvalue weighted by atomic mass is 10.0. The van der Waals surface area contributed by atoms with E-state index in [4.69, 9.17) is 14.2 Å². The Balaban J connectivity index is 2.07. The highest BCUT2D eigenvalue weighted by Gasteiger charge is 2.50. The van der Waals surface area contributed by atoms with Gasteiger partial charge in [-0.2, -0.15) is 0 Å². The highest BCUT2D eigenvalue weighted by molar-refractivity contribution is 5.88. The third kappa shape index (κ3) is 2.32. The van der Waals surface area contributed by atoms with Crippen LogP contribution < -0.4 is 0 Å². The average Bonchev–Trinajstić information content (AvgIpc) is 2.81. The van der Waals surface area contributed by atoms with E-state index < -0.39 is 24.1 Å². The highest BCUT2D eigenvalue weighted by atomic mass is 16.6. The summed E-state index contributed by atoms with van der Waals surface area (Å²) in [6.45, 7) is 2.85. The summed E-state index contributed by atoms with van der Waals surface area (Å²) in [7, 11) is 0. The van der Waals surface area contributed by atoms with Crippen LogP contribution in [-0.2, 0) is 23.8 Å². The lowest BCUT2D eigenvalue weighted by molar-refractivity contribution is -0.161. The zero-order valence-corrected chi connectivity index (χ0v) is 9.51. The van der Waals surface area contributed by atoms with Crippen molar-refractivity contribution in [1.29, 1.82) is 0 Å². The van der Waals surface area contributed by atoms with Crippen molar-refractivity contribution in [2.75, 3.05) is 0 Å². The summed E-state index contributed by atoms with van der Waals surface area (Å²) in [4.78, 5) is 22.3. The number of rotatable bonds is 2. The van der Waals surface area contributed by atoms with E-state index in [1.54, 1.807) is 19.1 Å². The van der Waals surface area contributed by atoms with Gasteiger partial charge in [0.1, 0.15) is 12.2 Å². The zero-order valence-electron chi connectivity index (χ0n) is 9.51. The van der Waals surface area contributed by atoms with Crippen molar-refractivity contribution in [1.82, 2.24) is 0 Å². The summed E-state index contributed by atoms with van der Waals surface area (Å²) < 4.78 is 15.7. The standard InChI is InChI=1S/C12H12O5/c1-3-4-10(14)17-12-9-6-5-8(16-9)11(12)15-7(2)13/h5-6,8-9,11-12H,1-2H3/t8-,9+,11+,12-/m1/s1. The first-order valence-electron chi connectivity index (χ1n) is 5.26. The average molecular weight is 236 g/mol. The number of hydrogen-bond acceptors (Lipinski definition) is 5. The quantitative estimate of drug-likeness (QED) is 0.296. The molecule has 2 bridgehead atoms. The third-order valence-electron chi connectivity index (χ3n) is 2.55. The van der Waals surface area contributed by atoms with E-state index in [2.05, 4.69) is 11.8 Å². The van der Waals surface area contributed by atoms with Gasteiger partial charge in [0.25, 0.3) is 0 Å². The van der Waals surface area contributed by atoms with Gasteiger partial charge in [0.2, 0.25) is 0 Å². The maximum Gasteiger partial charge on any atom is 0.384 e. The van der Waals surface area contributed by atoms with Gasteiger partial charge < -0.3 is 14.2 Å².